The van der Waals surface area contributed by atoms with Crippen LogP contribution in [0.25, 0.3) is 0 Å². The summed E-state index contributed by atoms with van der Waals surface area (Å²) >= 11 is 0. The average Bonchev–Trinajstić information content (AvgIpc) is 2.76. The number of nitrogens with zero attached hydrogens (tertiary/aromatic N) is 3. The lowest BCUT2D eigenvalue weighted by molar-refractivity contribution is -0.121. The van der Waals surface area contributed by atoms with Crippen LogP contribution >= 0.6 is 0 Å². The molecule has 7 nitrogen and oxygen atoms in total. The van der Waals surface area contributed by atoms with Gasteiger partial charge in [0.15, 0.2) is 0 Å². The number of amides is 2. The van der Waals surface area contributed by atoms with Crippen molar-refractivity contribution in [2.45, 2.75) is 20.3 Å². The van der Waals surface area contributed by atoms with Gasteiger partial charge in [0, 0.05) is 57.4 Å². The maximum Gasteiger partial charge on any atom is 0.241 e. The second-order valence-electron chi connectivity index (χ2n) is 7.41. The van der Waals surface area contributed by atoms with Crippen molar-refractivity contribution in [2.75, 3.05) is 42.9 Å². The molecule has 0 aromatic heterocycles. The van der Waals surface area contributed by atoms with Crippen molar-refractivity contribution >= 4 is 28.9 Å². The number of rotatable bonds is 7. The number of hydrogen-bond acceptors (Lipinski definition) is 5. The van der Waals surface area contributed by atoms with Gasteiger partial charge in [-0.1, -0.05) is 30.3 Å². The van der Waals surface area contributed by atoms with Crippen LogP contribution in [0.3, 0.4) is 0 Å². The van der Waals surface area contributed by atoms with Crippen LogP contribution in [0, 0.1) is 0 Å². The molecule has 1 saturated heterocycles. The predicted octanol–water partition coefficient (Wildman–Crippen LogP) is 2.70. The SMILES string of the molecule is CC(=O)Nc1cccc(/C(C)=N/NC(=O)CCN2CCN(c3ccccc3)CC2)c1. The third-order valence-electron chi connectivity index (χ3n) is 5.10. The Kier molecular flexibility index (Phi) is 7.57. The summed E-state index contributed by atoms with van der Waals surface area (Å²) in [5.74, 6) is -0.225. The number of anilines is 2. The first-order valence-electron chi connectivity index (χ1n) is 10.2. The second kappa shape index (κ2) is 10.5. The average molecular weight is 408 g/mol. The van der Waals surface area contributed by atoms with Gasteiger partial charge < -0.3 is 10.2 Å². The fraction of sp³-hybridized carbons (Fsp3) is 0.348. The molecule has 0 spiro atoms. The molecule has 2 amide bonds. The van der Waals surface area contributed by atoms with E-state index >= 15 is 0 Å². The molecule has 2 aromatic rings. The lowest BCUT2D eigenvalue weighted by Crippen LogP contribution is -2.47. The third kappa shape index (κ3) is 6.42. The number of para-hydroxylation sites is 1. The molecule has 0 unspecified atom stereocenters. The highest BCUT2D eigenvalue weighted by molar-refractivity contribution is 6.00. The Bertz CT molecular complexity index is 889. The van der Waals surface area contributed by atoms with Crippen LogP contribution in [-0.2, 0) is 9.59 Å². The van der Waals surface area contributed by atoms with Gasteiger partial charge in [0.05, 0.1) is 5.71 Å². The van der Waals surface area contributed by atoms with E-state index in [2.05, 4.69) is 49.9 Å². The smallest absolute Gasteiger partial charge is 0.241 e. The number of piperazine rings is 1. The van der Waals surface area contributed by atoms with E-state index in [4.69, 9.17) is 0 Å². The fourth-order valence-electron chi connectivity index (χ4n) is 3.42. The Morgan fingerprint density at radius 1 is 0.967 bits per heavy atom. The van der Waals surface area contributed by atoms with E-state index in [1.807, 2.05) is 37.3 Å². The normalized spacial score (nSPS) is 15.0. The van der Waals surface area contributed by atoms with E-state index in [0.717, 1.165) is 38.3 Å². The number of benzene rings is 2. The molecular weight excluding hydrogens is 378 g/mol. The second-order valence-corrected chi connectivity index (χ2v) is 7.41. The summed E-state index contributed by atoms with van der Waals surface area (Å²) in [5, 5.41) is 6.95. The first-order chi connectivity index (χ1) is 14.5. The van der Waals surface area contributed by atoms with Gasteiger partial charge in [-0.3, -0.25) is 14.5 Å². The number of carbonyl (C=O) groups excluding carboxylic acids is 2. The highest BCUT2D eigenvalue weighted by Crippen LogP contribution is 2.15. The van der Waals surface area contributed by atoms with E-state index in [9.17, 15) is 9.59 Å². The summed E-state index contributed by atoms with van der Waals surface area (Å²) in [6.45, 7) is 7.84. The molecule has 1 fully saturated rings. The molecule has 0 saturated carbocycles. The largest absolute Gasteiger partial charge is 0.369 e. The summed E-state index contributed by atoms with van der Waals surface area (Å²) in [6, 6.07) is 17.8. The maximum atomic E-state index is 12.2. The Morgan fingerprint density at radius 2 is 1.70 bits per heavy atom. The molecule has 0 bridgehead atoms. The quantitative estimate of drug-likeness (QED) is 0.547. The molecule has 0 radical (unpaired) electrons. The molecule has 1 aliphatic heterocycles. The minimum absolute atomic E-state index is 0.0992. The summed E-state index contributed by atoms with van der Waals surface area (Å²) in [4.78, 5) is 28.1. The molecule has 0 aliphatic carbocycles. The lowest BCUT2D eigenvalue weighted by atomic mass is 10.1. The van der Waals surface area contributed by atoms with Gasteiger partial charge in [-0.15, -0.1) is 0 Å². The van der Waals surface area contributed by atoms with Crippen molar-refractivity contribution in [1.82, 2.24) is 10.3 Å². The summed E-state index contributed by atoms with van der Waals surface area (Å²) in [7, 11) is 0. The molecule has 0 atom stereocenters. The van der Waals surface area contributed by atoms with Crippen molar-refractivity contribution in [1.29, 1.82) is 0 Å². The zero-order valence-electron chi connectivity index (χ0n) is 17.6. The number of carbonyl (C=O) groups is 2. The number of nitrogens with one attached hydrogen (secondary N) is 2. The molecule has 1 aliphatic rings. The van der Waals surface area contributed by atoms with E-state index in [0.29, 0.717) is 17.8 Å². The highest BCUT2D eigenvalue weighted by atomic mass is 16.2. The topological polar surface area (TPSA) is 77.0 Å². The molecular formula is C23H29N5O2. The van der Waals surface area contributed by atoms with Gasteiger partial charge >= 0.3 is 0 Å². The van der Waals surface area contributed by atoms with Crippen molar-refractivity contribution in [2.24, 2.45) is 5.10 Å². The minimum atomic E-state index is -0.125. The summed E-state index contributed by atoms with van der Waals surface area (Å²) < 4.78 is 0. The standard InChI is InChI=1S/C23H29N5O2/c1-18(20-7-6-8-21(17-20)24-19(2)29)25-26-23(30)11-12-27-13-15-28(16-14-27)22-9-4-3-5-10-22/h3-10,17H,11-16H2,1-2H3,(H,24,29)(H,26,30)/b25-18+. The van der Waals surface area contributed by atoms with Crippen LogP contribution in [0.1, 0.15) is 25.8 Å². The van der Waals surface area contributed by atoms with Gasteiger partial charge in [0.2, 0.25) is 11.8 Å². The van der Waals surface area contributed by atoms with Crippen LogP contribution in [0.4, 0.5) is 11.4 Å². The van der Waals surface area contributed by atoms with Crippen LogP contribution < -0.4 is 15.6 Å². The minimum Gasteiger partial charge on any atom is -0.369 e. The monoisotopic (exact) mass is 407 g/mol. The van der Waals surface area contributed by atoms with Crippen molar-refractivity contribution in [3.63, 3.8) is 0 Å². The third-order valence-corrected chi connectivity index (χ3v) is 5.10. The van der Waals surface area contributed by atoms with Gasteiger partial charge in [0.1, 0.15) is 0 Å². The van der Waals surface area contributed by atoms with Gasteiger partial charge in [0.25, 0.3) is 0 Å². The van der Waals surface area contributed by atoms with E-state index in [1.54, 1.807) is 0 Å². The van der Waals surface area contributed by atoms with Crippen molar-refractivity contribution in [3.8, 4) is 0 Å². The fourth-order valence-corrected chi connectivity index (χ4v) is 3.42. The van der Waals surface area contributed by atoms with E-state index < -0.39 is 0 Å². The van der Waals surface area contributed by atoms with Crippen molar-refractivity contribution in [3.05, 3.63) is 60.2 Å². The Balaban J connectivity index is 1.42. The lowest BCUT2D eigenvalue weighted by Gasteiger charge is -2.36. The molecule has 2 aromatic carbocycles. The zero-order chi connectivity index (χ0) is 21.3. The Morgan fingerprint density at radius 3 is 2.40 bits per heavy atom. The first-order valence-corrected chi connectivity index (χ1v) is 10.2. The predicted molar refractivity (Wildman–Crippen MR) is 121 cm³/mol. The van der Waals surface area contributed by atoms with Gasteiger partial charge in [-0.25, -0.2) is 5.43 Å². The van der Waals surface area contributed by atoms with Crippen molar-refractivity contribution < 1.29 is 9.59 Å². The zero-order valence-corrected chi connectivity index (χ0v) is 17.6. The maximum absolute atomic E-state index is 12.2. The molecule has 2 N–H and O–H groups in total. The van der Waals surface area contributed by atoms with Gasteiger partial charge in [-0.2, -0.15) is 5.10 Å². The van der Waals surface area contributed by atoms with Crippen LogP contribution in [-0.4, -0.2) is 55.1 Å². The highest BCUT2D eigenvalue weighted by Gasteiger charge is 2.17. The van der Waals surface area contributed by atoms with Gasteiger partial charge in [-0.05, 0) is 36.8 Å². The van der Waals surface area contributed by atoms with E-state index in [-0.39, 0.29) is 11.8 Å². The molecule has 1 heterocycles. The number of hydrazone groups is 1. The summed E-state index contributed by atoms with van der Waals surface area (Å²) in [6.07, 6.45) is 0.411. The molecule has 3 rings (SSSR count). The molecule has 158 valence electrons. The first kappa shape index (κ1) is 21.5. The van der Waals surface area contributed by atoms with Crippen LogP contribution in [0.2, 0.25) is 0 Å². The van der Waals surface area contributed by atoms with E-state index in [1.165, 1.54) is 12.6 Å². The Labute approximate surface area is 177 Å². The van der Waals surface area contributed by atoms with Crippen LogP contribution in [0.15, 0.2) is 59.7 Å². The van der Waals surface area contributed by atoms with Crippen LogP contribution in [0.5, 0.6) is 0 Å². The Hall–Kier alpha value is -3.19. The molecule has 30 heavy (non-hydrogen) atoms. The molecule has 7 heteroatoms. The summed E-state index contributed by atoms with van der Waals surface area (Å²) in [5.41, 5.74) is 6.13. The number of hydrogen-bond donors (Lipinski definition) is 2.